The zero-order valence-electron chi connectivity index (χ0n) is 14.4. The van der Waals surface area contributed by atoms with Crippen molar-refractivity contribution < 1.29 is 24.1 Å². The van der Waals surface area contributed by atoms with Gasteiger partial charge in [0.1, 0.15) is 17.3 Å². The molecule has 2 rings (SSSR count). The second-order valence-electron chi connectivity index (χ2n) is 5.28. The first kappa shape index (κ1) is 19.7. The van der Waals surface area contributed by atoms with Crippen LogP contribution in [0.15, 0.2) is 35.3 Å². The molecular formula is C18H17FN4O4. The van der Waals surface area contributed by atoms with E-state index in [1.165, 1.54) is 25.3 Å². The summed E-state index contributed by atoms with van der Waals surface area (Å²) in [5, 5.41) is 30.7. The van der Waals surface area contributed by atoms with Gasteiger partial charge in [-0.2, -0.15) is 5.26 Å². The molecule has 9 heteroatoms. The first-order valence-electron chi connectivity index (χ1n) is 7.75. The largest absolute Gasteiger partial charge is 0.507 e. The number of carbonyl (C=O) groups is 1. The summed E-state index contributed by atoms with van der Waals surface area (Å²) in [5.74, 6) is -2.00. The third kappa shape index (κ3) is 4.31. The number of nitrogens with zero attached hydrogens (tertiary/aromatic N) is 2. The second kappa shape index (κ2) is 8.64. The third-order valence-electron chi connectivity index (χ3n) is 3.59. The summed E-state index contributed by atoms with van der Waals surface area (Å²) >= 11 is 0. The monoisotopic (exact) mass is 372 g/mol. The van der Waals surface area contributed by atoms with Gasteiger partial charge >= 0.3 is 0 Å². The van der Waals surface area contributed by atoms with Gasteiger partial charge in [0, 0.05) is 11.1 Å². The summed E-state index contributed by atoms with van der Waals surface area (Å²) in [7, 11) is 1.35. The molecule has 0 unspecified atom stereocenters. The Morgan fingerprint density at radius 3 is 2.78 bits per heavy atom. The average Bonchev–Trinajstić information content (AvgIpc) is 2.65. The smallest absolute Gasteiger partial charge is 0.262 e. The zero-order valence-corrected chi connectivity index (χ0v) is 14.4. The fourth-order valence-electron chi connectivity index (χ4n) is 2.46. The van der Waals surface area contributed by atoms with Crippen molar-refractivity contribution in [2.45, 2.75) is 0 Å². The van der Waals surface area contributed by atoms with Crippen LogP contribution in [0.2, 0.25) is 0 Å². The highest BCUT2D eigenvalue weighted by atomic mass is 19.1. The Morgan fingerprint density at radius 2 is 2.15 bits per heavy atom. The van der Waals surface area contributed by atoms with E-state index in [1.807, 2.05) is 6.07 Å². The lowest BCUT2D eigenvalue weighted by molar-refractivity contribution is 0.0974. The van der Waals surface area contributed by atoms with Crippen molar-refractivity contribution in [2.75, 3.05) is 20.3 Å². The Balaban J connectivity index is 2.68. The summed E-state index contributed by atoms with van der Waals surface area (Å²) in [4.78, 5) is 16.4. The molecule has 5 N–H and O–H groups in total. The number of nitrogens with one attached hydrogen (secondary N) is 1. The molecule has 0 aliphatic carbocycles. The van der Waals surface area contributed by atoms with Gasteiger partial charge in [-0.3, -0.25) is 15.1 Å². The van der Waals surface area contributed by atoms with E-state index in [2.05, 4.69) is 10.3 Å². The molecule has 0 atom stereocenters. The molecule has 27 heavy (non-hydrogen) atoms. The Morgan fingerprint density at radius 1 is 1.41 bits per heavy atom. The van der Waals surface area contributed by atoms with Crippen LogP contribution in [0.4, 0.5) is 4.39 Å². The van der Waals surface area contributed by atoms with Crippen LogP contribution >= 0.6 is 0 Å². The van der Waals surface area contributed by atoms with Gasteiger partial charge in [0.2, 0.25) is 0 Å². The molecule has 2 aromatic rings. The number of methoxy groups -OCH3 is 1. The minimum Gasteiger partial charge on any atom is -0.507 e. The van der Waals surface area contributed by atoms with Gasteiger partial charge in [-0.05, 0) is 30.3 Å². The standard InChI is InChI=1S/C18H17FN4O4/c1-27-14-5-3-11(19)8-12(14)15-10(9-20)2-4-13(25)16(15)17(26)23-18(21)22-6-7-24/h2-5,8,24-25H,6-7H2,1H3,(H3,21,22,23,26). The molecule has 0 aromatic heterocycles. The van der Waals surface area contributed by atoms with Gasteiger partial charge in [-0.15, -0.1) is 0 Å². The van der Waals surface area contributed by atoms with E-state index in [0.717, 1.165) is 12.1 Å². The first-order valence-corrected chi connectivity index (χ1v) is 7.75. The van der Waals surface area contributed by atoms with Crippen LogP contribution in [-0.4, -0.2) is 42.3 Å². The zero-order chi connectivity index (χ0) is 20.0. The number of halogens is 1. The van der Waals surface area contributed by atoms with Crippen LogP contribution in [0.3, 0.4) is 0 Å². The number of benzene rings is 2. The van der Waals surface area contributed by atoms with E-state index in [-0.39, 0.29) is 47.1 Å². The van der Waals surface area contributed by atoms with E-state index in [9.17, 15) is 19.6 Å². The molecule has 0 spiro atoms. The highest BCUT2D eigenvalue weighted by Crippen LogP contribution is 2.38. The molecule has 1 amide bonds. The minimum absolute atomic E-state index is 0.0127. The maximum absolute atomic E-state index is 13.8. The SMILES string of the molecule is COc1ccc(F)cc1-c1c(C#N)ccc(O)c1C(=O)NC(N)=NCCO. The number of hydrogen-bond acceptors (Lipinski definition) is 6. The fraction of sp³-hybridized carbons (Fsp3) is 0.167. The number of amides is 1. The molecule has 0 saturated carbocycles. The molecule has 0 aliphatic heterocycles. The normalized spacial score (nSPS) is 11.0. The van der Waals surface area contributed by atoms with Crippen molar-refractivity contribution in [1.29, 1.82) is 5.26 Å². The number of aliphatic hydroxyl groups is 1. The van der Waals surface area contributed by atoms with Crippen molar-refractivity contribution >= 4 is 11.9 Å². The predicted molar refractivity (Wildman–Crippen MR) is 95.8 cm³/mol. The van der Waals surface area contributed by atoms with E-state index >= 15 is 0 Å². The van der Waals surface area contributed by atoms with E-state index < -0.39 is 17.5 Å². The Hall–Kier alpha value is -3.64. The number of phenols is 1. The summed E-state index contributed by atoms with van der Waals surface area (Å²) in [6.07, 6.45) is 0. The number of aromatic hydroxyl groups is 1. The summed E-state index contributed by atoms with van der Waals surface area (Å²) in [5.41, 5.74) is 5.39. The number of phenolic OH excluding ortho intramolecular Hbond substituents is 1. The Labute approximate surface area is 154 Å². The van der Waals surface area contributed by atoms with Gasteiger partial charge < -0.3 is 20.7 Å². The number of carbonyl (C=O) groups excluding carboxylic acids is 1. The first-order chi connectivity index (χ1) is 12.9. The third-order valence-corrected chi connectivity index (χ3v) is 3.59. The van der Waals surface area contributed by atoms with E-state index in [1.54, 1.807) is 0 Å². The second-order valence-corrected chi connectivity index (χ2v) is 5.28. The van der Waals surface area contributed by atoms with Gasteiger partial charge in [-0.1, -0.05) is 0 Å². The topological polar surface area (TPSA) is 141 Å². The minimum atomic E-state index is -0.856. The lowest BCUT2D eigenvalue weighted by atomic mass is 9.92. The number of hydrogen-bond donors (Lipinski definition) is 4. The summed E-state index contributed by atoms with van der Waals surface area (Å²) in [6.45, 7) is -0.293. The number of nitriles is 1. The highest BCUT2D eigenvalue weighted by molar-refractivity contribution is 6.11. The van der Waals surface area contributed by atoms with Crippen LogP contribution in [0.1, 0.15) is 15.9 Å². The van der Waals surface area contributed by atoms with Crippen molar-refractivity contribution in [3.05, 3.63) is 47.3 Å². The van der Waals surface area contributed by atoms with Crippen molar-refractivity contribution in [3.8, 4) is 28.7 Å². The molecule has 0 heterocycles. The number of aliphatic imine (C=N–C) groups is 1. The molecule has 0 saturated heterocycles. The molecule has 140 valence electrons. The van der Waals surface area contributed by atoms with Gasteiger partial charge in [0.25, 0.3) is 5.91 Å². The number of ether oxygens (including phenoxy) is 1. The number of aliphatic hydroxyl groups excluding tert-OH is 1. The maximum atomic E-state index is 13.8. The van der Waals surface area contributed by atoms with Gasteiger partial charge in [0.15, 0.2) is 5.96 Å². The molecule has 0 bridgehead atoms. The quantitative estimate of drug-likeness (QED) is 0.458. The lowest BCUT2D eigenvalue weighted by Gasteiger charge is -2.16. The van der Waals surface area contributed by atoms with Crippen LogP contribution in [0, 0.1) is 17.1 Å². The average molecular weight is 372 g/mol. The van der Waals surface area contributed by atoms with Crippen molar-refractivity contribution in [1.82, 2.24) is 5.32 Å². The van der Waals surface area contributed by atoms with Crippen LogP contribution in [0.25, 0.3) is 11.1 Å². The molecule has 0 radical (unpaired) electrons. The molecule has 8 nitrogen and oxygen atoms in total. The highest BCUT2D eigenvalue weighted by Gasteiger charge is 2.24. The van der Waals surface area contributed by atoms with Crippen LogP contribution in [-0.2, 0) is 0 Å². The summed E-state index contributed by atoms with van der Waals surface area (Å²) < 4.78 is 19.0. The van der Waals surface area contributed by atoms with Gasteiger partial charge in [0.05, 0.1) is 37.5 Å². The Kier molecular flexibility index (Phi) is 6.30. The number of rotatable bonds is 5. The molecular weight excluding hydrogens is 355 g/mol. The number of nitrogens with two attached hydrogens (primary N) is 1. The van der Waals surface area contributed by atoms with E-state index in [0.29, 0.717) is 0 Å². The number of guanidine groups is 1. The molecule has 2 aromatic carbocycles. The van der Waals surface area contributed by atoms with Crippen LogP contribution < -0.4 is 15.8 Å². The molecule has 0 fully saturated rings. The van der Waals surface area contributed by atoms with Crippen molar-refractivity contribution in [2.24, 2.45) is 10.7 Å². The van der Waals surface area contributed by atoms with Crippen molar-refractivity contribution in [3.63, 3.8) is 0 Å². The predicted octanol–water partition coefficient (Wildman–Crippen LogP) is 1.12. The van der Waals surface area contributed by atoms with E-state index in [4.69, 9.17) is 15.6 Å². The van der Waals surface area contributed by atoms with Gasteiger partial charge in [-0.25, -0.2) is 4.39 Å². The lowest BCUT2D eigenvalue weighted by Crippen LogP contribution is -2.37. The fourth-order valence-corrected chi connectivity index (χ4v) is 2.46. The molecule has 0 aliphatic rings. The Bertz CT molecular complexity index is 938. The van der Waals surface area contributed by atoms with Crippen LogP contribution in [0.5, 0.6) is 11.5 Å². The summed E-state index contributed by atoms with van der Waals surface area (Å²) in [6, 6.07) is 7.98. The maximum Gasteiger partial charge on any atom is 0.262 e.